The summed E-state index contributed by atoms with van der Waals surface area (Å²) in [7, 11) is 0. The summed E-state index contributed by atoms with van der Waals surface area (Å²) in [5, 5.41) is 3.57. The van der Waals surface area contributed by atoms with Crippen molar-refractivity contribution in [3.8, 4) is 0 Å². The SMILES string of the molecule is CC(C)N1CCNC[C@H]1c1ccc(CC(C)N2CCOC[C@H]2c2ccccc2)cc1. The first-order valence-corrected chi connectivity index (χ1v) is 11.6. The quantitative estimate of drug-likeness (QED) is 0.782. The zero-order chi connectivity index (χ0) is 20.9. The van der Waals surface area contributed by atoms with Crippen molar-refractivity contribution in [1.82, 2.24) is 15.1 Å². The Hall–Kier alpha value is -1.72. The standard InChI is InChI=1S/C26H37N3O/c1-20(2)28-14-13-27-18-25(28)24-11-9-22(10-12-24)17-21(3)29-15-16-30-19-26(29)23-7-5-4-6-8-23/h4-12,20-21,25-27H,13-19H2,1-3H3/t21?,25-,26-/m0/s1. The Balaban J connectivity index is 1.43. The van der Waals surface area contributed by atoms with E-state index in [1.54, 1.807) is 0 Å². The fourth-order valence-electron chi connectivity index (χ4n) is 5.09. The Morgan fingerprint density at radius 1 is 0.900 bits per heavy atom. The van der Waals surface area contributed by atoms with Gasteiger partial charge in [0.2, 0.25) is 0 Å². The Morgan fingerprint density at radius 2 is 1.63 bits per heavy atom. The molecule has 2 fully saturated rings. The van der Waals surface area contributed by atoms with Gasteiger partial charge in [-0.05, 0) is 43.9 Å². The fraction of sp³-hybridized carbons (Fsp3) is 0.538. The molecule has 3 atom stereocenters. The second-order valence-electron chi connectivity index (χ2n) is 9.09. The molecule has 0 radical (unpaired) electrons. The van der Waals surface area contributed by atoms with E-state index in [0.717, 1.165) is 45.8 Å². The Bertz CT molecular complexity index is 777. The lowest BCUT2D eigenvalue weighted by atomic mass is 9.96. The minimum absolute atomic E-state index is 0.349. The van der Waals surface area contributed by atoms with Gasteiger partial charge in [-0.2, -0.15) is 0 Å². The lowest BCUT2D eigenvalue weighted by Gasteiger charge is -2.40. The Labute approximate surface area is 182 Å². The average molecular weight is 408 g/mol. The molecule has 4 nitrogen and oxygen atoms in total. The van der Waals surface area contributed by atoms with Crippen LogP contribution in [-0.2, 0) is 11.2 Å². The van der Waals surface area contributed by atoms with Crippen molar-refractivity contribution in [2.45, 2.75) is 51.4 Å². The van der Waals surface area contributed by atoms with Gasteiger partial charge in [0, 0.05) is 44.3 Å². The predicted molar refractivity (Wildman–Crippen MR) is 124 cm³/mol. The molecule has 2 aliphatic heterocycles. The molecule has 2 saturated heterocycles. The number of nitrogens with zero attached hydrogens (tertiary/aromatic N) is 2. The van der Waals surface area contributed by atoms with Crippen LogP contribution in [0.15, 0.2) is 54.6 Å². The molecule has 0 saturated carbocycles. The highest BCUT2D eigenvalue weighted by molar-refractivity contribution is 5.27. The summed E-state index contributed by atoms with van der Waals surface area (Å²) in [4.78, 5) is 5.24. The number of nitrogens with one attached hydrogen (secondary N) is 1. The summed E-state index contributed by atoms with van der Waals surface area (Å²) in [5.74, 6) is 0. The third kappa shape index (κ3) is 4.94. The molecule has 2 aromatic rings. The van der Waals surface area contributed by atoms with Crippen molar-refractivity contribution < 1.29 is 4.74 Å². The number of benzene rings is 2. The summed E-state index contributed by atoms with van der Waals surface area (Å²) in [5.41, 5.74) is 4.21. The molecule has 162 valence electrons. The van der Waals surface area contributed by atoms with Gasteiger partial charge in [0.05, 0.1) is 19.3 Å². The number of ether oxygens (including phenoxy) is 1. The molecule has 4 rings (SSSR count). The van der Waals surface area contributed by atoms with Crippen LogP contribution >= 0.6 is 0 Å². The van der Waals surface area contributed by atoms with Gasteiger partial charge in [0.15, 0.2) is 0 Å². The molecule has 1 unspecified atom stereocenters. The maximum atomic E-state index is 5.83. The number of hydrogen-bond donors (Lipinski definition) is 1. The van der Waals surface area contributed by atoms with E-state index in [0.29, 0.717) is 24.2 Å². The maximum Gasteiger partial charge on any atom is 0.0664 e. The smallest absolute Gasteiger partial charge is 0.0664 e. The van der Waals surface area contributed by atoms with Crippen molar-refractivity contribution in [3.63, 3.8) is 0 Å². The van der Waals surface area contributed by atoms with Gasteiger partial charge < -0.3 is 10.1 Å². The molecule has 4 heteroatoms. The van der Waals surface area contributed by atoms with E-state index in [9.17, 15) is 0 Å². The topological polar surface area (TPSA) is 27.7 Å². The highest BCUT2D eigenvalue weighted by Gasteiger charge is 2.29. The molecular weight excluding hydrogens is 370 g/mol. The Kier molecular flexibility index (Phi) is 7.21. The zero-order valence-corrected chi connectivity index (χ0v) is 18.8. The van der Waals surface area contributed by atoms with Gasteiger partial charge in [0.25, 0.3) is 0 Å². The van der Waals surface area contributed by atoms with Crippen molar-refractivity contribution in [2.24, 2.45) is 0 Å². The summed E-state index contributed by atoms with van der Waals surface area (Å²) in [6.07, 6.45) is 1.07. The van der Waals surface area contributed by atoms with Crippen LogP contribution in [0.5, 0.6) is 0 Å². The molecule has 1 N–H and O–H groups in total. The Morgan fingerprint density at radius 3 is 2.37 bits per heavy atom. The maximum absolute atomic E-state index is 5.83. The molecule has 2 heterocycles. The van der Waals surface area contributed by atoms with Crippen molar-refractivity contribution in [1.29, 1.82) is 0 Å². The predicted octanol–water partition coefficient (Wildman–Crippen LogP) is 4.05. The second kappa shape index (κ2) is 10.1. The number of hydrogen-bond acceptors (Lipinski definition) is 4. The van der Waals surface area contributed by atoms with Crippen LogP contribution in [-0.4, -0.2) is 61.3 Å². The van der Waals surface area contributed by atoms with E-state index < -0.39 is 0 Å². The molecular formula is C26H37N3O. The van der Waals surface area contributed by atoms with Crippen LogP contribution in [0.1, 0.15) is 49.5 Å². The van der Waals surface area contributed by atoms with E-state index in [2.05, 4.69) is 90.5 Å². The monoisotopic (exact) mass is 407 g/mol. The first-order chi connectivity index (χ1) is 14.6. The van der Waals surface area contributed by atoms with E-state index in [4.69, 9.17) is 4.74 Å². The first-order valence-electron chi connectivity index (χ1n) is 11.6. The second-order valence-corrected chi connectivity index (χ2v) is 9.09. The molecule has 0 aliphatic carbocycles. The van der Waals surface area contributed by atoms with Gasteiger partial charge in [-0.3, -0.25) is 9.80 Å². The average Bonchev–Trinajstić information content (AvgIpc) is 2.80. The summed E-state index contributed by atoms with van der Waals surface area (Å²) < 4.78 is 5.83. The number of piperazine rings is 1. The van der Waals surface area contributed by atoms with E-state index in [-0.39, 0.29) is 0 Å². The fourth-order valence-corrected chi connectivity index (χ4v) is 5.09. The van der Waals surface area contributed by atoms with Gasteiger partial charge in [-0.25, -0.2) is 0 Å². The lowest BCUT2D eigenvalue weighted by molar-refractivity contribution is -0.0266. The number of rotatable bonds is 6. The number of morpholine rings is 1. The largest absolute Gasteiger partial charge is 0.378 e. The van der Waals surface area contributed by atoms with Crippen LogP contribution in [0.4, 0.5) is 0 Å². The van der Waals surface area contributed by atoms with E-state index in [1.807, 2.05) is 0 Å². The van der Waals surface area contributed by atoms with Crippen molar-refractivity contribution >= 4 is 0 Å². The van der Waals surface area contributed by atoms with Crippen molar-refractivity contribution in [3.05, 3.63) is 71.3 Å². The minimum Gasteiger partial charge on any atom is -0.378 e. The normalized spacial score (nSPS) is 24.8. The van der Waals surface area contributed by atoms with E-state index in [1.165, 1.54) is 16.7 Å². The van der Waals surface area contributed by atoms with Crippen LogP contribution in [0.3, 0.4) is 0 Å². The van der Waals surface area contributed by atoms with Crippen molar-refractivity contribution in [2.75, 3.05) is 39.4 Å². The molecule has 30 heavy (non-hydrogen) atoms. The third-order valence-electron chi connectivity index (χ3n) is 6.76. The summed E-state index contributed by atoms with van der Waals surface area (Å²) in [6, 6.07) is 22.1. The van der Waals surface area contributed by atoms with Crippen LogP contribution in [0.25, 0.3) is 0 Å². The molecule has 0 aromatic heterocycles. The molecule has 2 aliphatic rings. The summed E-state index contributed by atoms with van der Waals surface area (Å²) in [6.45, 7) is 12.8. The highest BCUT2D eigenvalue weighted by atomic mass is 16.5. The van der Waals surface area contributed by atoms with Crippen LogP contribution in [0, 0.1) is 0 Å². The first kappa shape index (κ1) is 21.5. The zero-order valence-electron chi connectivity index (χ0n) is 18.8. The molecule has 0 spiro atoms. The van der Waals surface area contributed by atoms with Gasteiger partial charge in [-0.15, -0.1) is 0 Å². The van der Waals surface area contributed by atoms with Gasteiger partial charge >= 0.3 is 0 Å². The molecule has 2 aromatic carbocycles. The van der Waals surface area contributed by atoms with Crippen LogP contribution < -0.4 is 5.32 Å². The minimum atomic E-state index is 0.349. The third-order valence-corrected chi connectivity index (χ3v) is 6.76. The van der Waals surface area contributed by atoms with E-state index >= 15 is 0 Å². The van der Waals surface area contributed by atoms with Gasteiger partial charge in [0.1, 0.15) is 0 Å². The van der Waals surface area contributed by atoms with Gasteiger partial charge in [-0.1, -0.05) is 54.6 Å². The highest BCUT2D eigenvalue weighted by Crippen LogP contribution is 2.28. The lowest BCUT2D eigenvalue weighted by Crippen LogP contribution is -2.48. The molecule has 0 bridgehead atoms. The molecule has 0 amide bonds. The summed E-state index contributed by atoms with van der Waals surface area (Å²) >= 11 is 0. The van der Waals surface area contributed by atoms with Crippen LogP contribution in [0.2, 0.25) is 0 Å².